The Morgan fingerprint density at radius 2 is 2.29 bits per heavy atom. The van der Waals surface area contributed by atoms with Gasteiger partial charge in [-0.05, 0) is 52.9 Å². The third-order valence-corrected chi connectivity index (χ3v) is 3.09. The number of nitrogens with two attached hydrogens (primary N) is 1. The lowest BCUT2D eigenvalue weighted by atomic mass is 10.0. The number of halogens is 1. The van der Waals surface area contributed by atoms with Crippen LogP contribution in [0.2, 0.25) is 0 Å². The van der Waals surface area contributed by atoms with Gasteiger partial charge >= 0.3 is 0 Å². The van der Waals surface area contributed by atoms with Crippen LogP contribution in [0.1, 0.15) is 30.5 Å². The molecule has 2 N–H and O–H groups in total. The second-order valence-electron chi connectivity index (χ2n) is 3.73. The summed E-state index contributed by atoms with van der Waals surface area (Å²) in [5, 5.41) is 0. The number of hydrogen-bond acceptors (Lipinski definition) is 2. The predicted octanol–water partition coefficient (Wildman–Crippen LogP) is 2.79. The highest BCUT2D eigenvalue weighted by Crippen LogP contribution is 2.35. The highest BCUT2D eigenvalue weighted by Gasteiger charge is 2.15. The van der Waals surface area contributed by atoms with E-state index in [2.05, 4.69) is 28.1 Å². The first-order valence-corrected chi connectivity index (χ1v) is 5.68. The van der Waals surface area contributed by atoms with E-state index in [1.807, 2.05) is 6.92 Å². The second kappa shape index (κ2) is 3.91. The van der Waals surface area contributed by atoms with Crippen LogP contribution in [0.3, 0.4) is 0 Å². The van der Waals surface area contributed by atoms with Crippen LogP contribution in [0.5, 0.6) is 5.75 Å². The van der Waals surface area contributed by atoms with Gasteiger partial charge in [0, 0.05) is 6.04 Å². The summed E-state index contributed by atoms with van der Waals surface area (Å²) in [5.41, 5.74) is 8.30. The van der Waals surface area contributed by atoms with Crippen LogP contribution < -0.4 is 10.5 Å². The SMILES string of the molecule is C[C@@H](N)c1cc(Br)c2c(c1)CCCO2. The molecule has 0 aromatic heterocycles. The number of aryl methyl sites for hydroxylation is 1. The third-order valence-electron chi connectivity index (χ3n) is 2.51. The van der Waals surface area contributed by atoms with Crippen molar-refractivity contribution in [2.24, 2.45) is 5.73 Å². The van der Waals surface area contributed by atoms with Gasteiger partial charge in [-0.2, -0.15) is 0 Å². The predicted molar refractivity (Wildman–Crippen MR) is 60.6 cm³/mol. The topological polar surface area (TPSA) is 35.2 Å². The fourth-order valence-electron chi connectivity index (χ4n) is 1.72. The molecule has 1 heterocycles. The highest BCUT2D eigenvalue weighted by atomic mass is 79.9. The molecule has 0 radical (unpaired) electrons. The second-order valence-corrected chi connectivity index (χ2v) is 4.59. The van der Waals surface area contributed by atoms with Gasteiger partial charge in [0.05, 0.1) is 11.1 Å². The average molecular weight is 256 g/mol. The number of ether oxygens (including phenoxy) is 1. The zero-order valence-electron chi connectivity index (χ0n) is 8.22. The zero-order valence-corrected chi connectivity index (χ0v) is 9.80. The number of fused-ring (bicyclic) bond motifs is 1. The van der Waals surface area contributed by atoms with Crippen molar-refractivity contribution in [3.05, 3.63) is 27.7 Å². The Kier molecular flexibility index (Phi) is 2.79. The molecule has 14 heavy (non-hydrogen) atoms. The van der Waals surface area contributed by atoms with Crippen molar-refractivity contribution in [2.45, 2.75) is 25.8 Å². The van der Waals surface area contributed by atoms with Crippen LogP contribution in [0.4, 0.5) is 0 Å². The van der Waals surface area contributed by atoms with Gasteiger partial charge in [-0.3, -0.25) is 0 Å². The first-order chi connectivity index (χ1) is 6.68. The molecule has 1 aromatic carbocycles. The Balaban J connectivity index is 2.46. The van der Waals surface area contributed by atoms with Crippen molar-refractivity contribution >= 4 is 15.9 Å². The molecule has 0 unspecified atom stereocenters. The van der Waals surface area contributed by atoms with E-state index >= 15 is 0 Å². The minimum absolute atomic E-state index is 0.0820. The van der Waals surface area contributed by atoms with E-state index in [0.717, 1.165) is 29.7 Å². The van der Waals surface area contributed by atoms with Gasteiger partial charge in [-0.1, -0.05) is 6.07 Å². The summed E-state index contributed by atoms with van der Waals surface area (Å²) in [5.74, 6) is 1.00. The zero-order chi connectivity index (χ0) is 10.1. The van der Waals surface area contributed by atoms with Crippen molar-refractivity contribution in [3.63, 3.8) is 0 Å². The highest BCUT2D eigenvalue weighted by molar-refractivity contribution is 9.10. The molecule has 0 bridgehead atoms. The molecule has 76 valence electrons. The largest absolute Gasteiger partial charge is 0.492 e. The van der Waals surface area contributed by atoms with E-state index in [4.69, 9.17) is 10.5 Å². The molecule has 0 saturated heterocycles. The fourth-order valence-corrected chi connectivity index (χ4v) is 2.35. The van der Waals surface area contributed by atoms with E-state index in [9.17, 15) is 0 Å². The van der Waals surface area contributed by atoms with E-state index in [-0.39, 0.29) is 6.04 Å². The normalized spacial score (nSPS) is 17.1. The van der Waals surface area contributed by atoms with Crippen molar-refractivity contribution in [1.29, 1.82) is 0 Å². The first kappa shape index (κ1) is 9.99. The van der Waals surface area contributed by atoms with Crippen molar-refractivity contribution < 1.29 is 4.74 Å². The molecule has 0 aliphatic carbocycles. The Labute approximate surface area is 92.6 Å². The molecule has 1 atom stereocenters. The monoisotopic (exact) mass is 255 g/mol. The number of benzene rings is 1. The number of hydrogen-bond donors (Lipinski definition) is 1. The van der Waals surface area contributed by atoms with Crippen LogP contribution in [-0.2, 0) is 6.42 Å². The van der Waals surface area contributed by atoms with E-state index < -0.39 is 0 Å². The van der Waals surface area contributed by atoms with Gasteiger partial charge in [0.2, 0.25) is 0 Å². The molecule has 1 aliphatic rings. The number of rotatable bonds is 1. The van der Waals surface area contributed by atoms with Crippen LogP contribution in [0, 0.1) is 0 Å². The Morgan fingerprint density at radius 1 is 1.50 bits per heavy atom. The van der Waals surface area contributed by atoms with Crippen LogP contribution in [0.25, 0.3) is 0 Å². The molecule has 3 heteroatoms. The van der Waals surface area contributed by atoms with E-state index in [1.54, 1.807) is 0 Å². The lowest BCUT2D eigenvalue weighted by Gasteiger charge is -2.20. The Bertz CT molecular complexity index is 349. The maximum absolute atomic E-state index is 5.85. The maximum atomic E-state index is 5.85. The summed E-state index contributed by atoms with van der Waals surface area (Å²) < 4.78 is 6.63. The van der Waals surface area contributed by atoms with Gasteiger partial charge < -0.3 is 10.5 Å². The molecule has 0 fully saturated rings. The molecule has 2 rings (SSSR count). The van der Waals surface area contributed by atoms with Crippen LogP contribution >= 0.6 is 15.9 Å². The molecule has 2 nitrogen and oxygen atoms in total. The van der Waals surface area contributed by atoms with Gasteiger partial charge in [0.15, 0.2) is 0 Å². The smallest absolute Gasteiger partial charge is 0.136 e. The van der Waals surface area contributed by atoms with Crippen LogP contribution in [0.15, 0.2) is 16.6 Å². The summed E-state index contributed by atoms with van der Waals surface area (Å²) in [6.45, 7) is 2.82. The minimum Gasteiger partial charge on any atom is -0.492 e. The quantitative estimate of drug-likeness (QED) is 0.838. The van der Waals surface area contributed by atoms with E-state index in [0.29, 0.717) is 0 Å². The lowest BCUT2D eigenvalue weighted by molar-refractivity contribution is 0.286. The van der Waals surface area contributed by atoms with Gasteiger partial charge in [0.25, 0.3) is 0 Å². The Morgan fingerprint density at radius 3 is 3.00 bits per heavy atom. The molecule has 0 saturated carbocycles. The van der Waals surface area contributed by atoms with Gasteiger partial charge in [0.1, 0.15) is 5.75 Å². The van der Waals surface area contributed by atoms with Crippen molar-refractivity contribution in [3.8, 4) is 5.75 Å². The van der Waals surface area contributed by atoms with Crippen molar-refractivity contribution in [1.82, 2.24) is 0 Å². The summed E-state index contributed by atoms with van der Waals surface area (Å²) in [4.78, 5) is 0. The Hall–Kier alpha value is -0.540. The average Bonchev–Trinajstić information content (AvgIpc) is 2.17. The minimum atomic E-state index is 0.0820. The molecule has 1 aliphatic heterocycles. The summed E-state index contributed by atoms with van der Waals surface area (Å²) in [6.07, 6.45) is 2.19. The van der Waals surface area contributed by atoms with Crippen molar-refractivity contribution in [2.75, 3.05) is 6.61 Å². The summed E-state index contributed by atoms with van der Waals surface area (Å²) in [7, 11) is 0. The third kappa shape index (κ3) is 1.79. The first-order valence-electron chi connectivity index (χ1n) is 4.89. The molecular formula is C11H14BrNO. The molecule has 1 aromatic rings. The molecule has 0 spiro atoms. The molecule has 0 amide bonds. The summed E-state index contributed by atoms with van der Waals surface area (Å²) >= 11 is 3.52. The van der Waals surface area contributed by atoms with Gasteiger partial charge in [-0.25, -0.2) is 0 Å². The fraction of sp³-hybridized carbons (Fsp3) is 0.455. The molecular weight excluding hydrogens is 242 g/mol. The standard InChI is InChI=1S/C11H14BrNO/c1-7(13)9-5-8-3-2-4-14-11(8)10(12)6-9/h5-7H,2-4,13H2,1H3/t7-/m1/s1. The maximum Gasteiger partial charge on any atom is 0.136 e. The van der Waals surface area contributed by atoms with Gasteiger partial charge in [-0.15, -0.1) is 0 Å². The van der Waals surface area contributed by atoms with Crippen LogP contribution in [-0.4, -0.2) is 6.61 Å². The lowest BCUT2D eigenvalue weighted by Crippen LogP contribution is -2.11. The van der Waals surface area contributed by atoms with E-state index in [1.165, 1.54) is 11.1 Å². The summed E-state index contributed by atoms with van der Waals surface area (Å²) in [6, 6.07) is 4.29.